The number of hydrogen-bond acceptors (Lipinski definition) is 6. The van der Waals surface area contributed by atoms with Crippen molar-refractivity contribution in [3.63, 3.8) is 0 Å². The van der Waals surface area contributed by atoms with Crippen LogP contribution in [0.15, 0.2) is 18.2 Å². The number of nitro groups is 1. The largest absolute Gasteiger partial charge is 0.492 e. The molecule has 0 amide bonds. The number of carbonyl (C=O) groups excluding carboxylic acids is 1. The van der Waals surface area contributed by atoms with Crippen molar-refractivity contribution in [1.82, 2.24) is 0 Å². The molecule has 20 heavy (non-hydrogen) atoms. The second kappa shape index (κ2) is 6.47. The molecule has 1 aromatic carbocycles. The Balaban J connectivity index is 2.90. The number of rotatable bonds is 7. The molecule has 0 spiro atoms. The summed E-state index contributed by atoms with van der Waals surface area (Å²) in [6.45, 7) is 2.69. The molecule has 0 saturated heterocycles. The zero-order valence-corrected chi connectivity index (χ0v) is 12.0. The Morgan fingerprint density at radius 2 is 2.05 bits per heavy atom. The Morgan fingerprint density at radius 3 is 2.55 bits per heavy atom. The van der Waals surface area contributed by atoms with Crippen molar-refractivity contribution >= 4 is 21.3 Å². The van der Waals surface area contributed by atoms with Gasteiger partial charge in [-0.15, -0.1) is 0 Å². The molecule has 110 valence electrons. The summed E-state index contributed by atoms with van der Waals surface area (Å²) in [6.07, 6.45) is 0. The van der Waals surface area contributed by atoms with Gasteiger partial charge < -0.3 is 4.74 Å². The molecular weight excluding hydrogens is 286 g/mol. The second-order valence-corrected chi connectivity index (χ2v) is 6.55. The monoisotopic (exact) mass is 301 g/mol. The minimum atomic E-state index is -3.16. The second-order valence-electron chi connectivity index (χ2n) is 4.08. The summed E-state index contributed by atoms with van der Waals surface area (Å²) >= 11 is 0. The Hall–Kier alpha value is -1.96. The fourth-order valence-electron chi connectivity index (χ4n) is 1.46. The normalized spacial score (nSPS) is 11.1. The van der Waals surface area contributed by atoms with Crippen LogP contribution in [0, 0.1) is 10.1 Å². The smallest absolute Gasteiger partial charge is 0.270 e. The molecule has 7 nitrogen and oxygen atoms in total. The van der Waals surface area contributed by atoms with Gasteiger partial charge in [0.05, 0.1) is 16.2 Å². The van der Waals surface area contributed by atoms with Gasteiger partial charge in [0.15, 0.2) is 15.6 Å². The number of sulfone groups is 1. The van der Waals surface area contributed by atoms with E-state index in [0.29, 0.717) is 0 Å². The van der Waals surface area contributed by atoms with Gasteiger partial charge in [-0.3, -0.25) is 14.9 Å². The van der Waals surface area contributed by atoms with Crippen LogP contribution in [0.3, 0.4) is 0 Å². The molecule has 0 aliphatic heterocycles. The molecular formula is C12H15NO6S. The lowest BCUT2D eigenvalue weighted by Gasteiger charge is -2.09. The fraction of sp³-hybridized carbons (Fsp3) is 0.417. The van der Waals surface area contributed by atoms with E-state index < -0.39 is 14.8 Å². The number of non-ortho nitro benzene ring substituents is 1. The molecule has 8 heteroatoms. The molecule has 0 aliphatic carbocycles. The maximum Gasteiger partial charge on any atom is 0.270 e. The predicted molar refractivity (Wildman–Crippen MR) is 72.9 cm³/mol. The van der Waals surface area contributed by atoms with Crippen LogP contribution in [-0.2, 0) is 9.84 Å². The Bertz CT molecular complexity index is 623. The van der Waals surface area contributed by atoms with E-state index in [0.717, 1.165) is 6.07 Å². The van der Waals surface area contributed by atoms with Crippen molar-refractivity contribution < 1.29 is 22.9 Å². The van der Waals surface area contributed by atoms with Crippen molar-refractivity contribution in [3.05, 3.63) is 33.9 Å². The number of hydrogen-bond donors (Lipinski definition) is 0. The zero-order valence-electron chi connectivity index (χ0n) is 11.2. The van der Waals surface area contributed by atoms with Crippen LogP contribution >= 0.6 is 0 Å². The lowest BCUT2D eigenvalue weighted by Crippen LogP contribution is -2.16. The third-order valence-corrected chi connectivity index (χ3v) is 4.31. The summed E-state index contributed by atoms with van der Waals surface area (Å²) in [5, 5.41) is 10.6. The first kappa shape index (κ1) is 16.1. The summed E-state index contributed by atoms with van der Waals surface area (Å²) in [5.41, 5.74) is -0.156. The minimum absolute atomic E-state index is 0.0101. The third-order valence-electron chi connectivity index (χ3n) is 2.64. The van der Waals surface area contributed by atoms with E-state index in [9.17, 15) is 23.3 Å². The van der Waals surface area contributed by atoms with Crippen molar-refractivity contribution in [1.29, 1.82) is 0 Å². The highest BCUT2D eigenvalue weighted by Crippen LogP contribution is 2.24. The number of ether oxygens (including phenoxy) is 1. The van der Waals surface area contributed by atoms with E-state index in [1.807, 2.05) is 0 Å². The number of ketones is 1. The van der Waals surface area contributed by atoms with E-state index in [1.165, 1.54) is 26.0 Å². The first-order valence-electron chi connectivity index (χ1n) is 5.89. The average molecular weight is 301 g/mol. The van der Waals surface area contributed by atoms with Crippen molar-refractivity contribution in [2.45, 2.75) is 13.8 Å². The molecule has 0 heterocycles. The number of benzene rings is 1. The van der Waals surface area contributed by atoms with Crippen molar-refractivity contribution in [3.8, 4) is 5.75 Å². The van der Waals surface area contributed by atoms with Crippen molar-refractivity contribution in [2.75, 3.05) is 18.1 Å². The van der Waals surface area contributed by atoms with E-state index >= 15 is 0 Å². The van der Waals surface area contributed by atoms with Gasteiger partial charge in [-0.2, -0.15) is 0 Å². The Morgan fingerprint density at radius 1 is 1.40 bits per heavy atom. The molecule has 0 bridgehead atoms. The quantitative estimate of drug-likeness (QED) is 0.430. The van der Waals surface area contributed by atoms with E-state index in [1.54, 1.807) is 0 Å². The highest BCUT2D eigenvalue weighted by molar-refractivity contribution is 7.91. The standard InChI is InChI=1S/C12H15NO6S/c1-3-20(17,18)7-6-19-12-5-4-10(13(15)16)8-11(12)9(2)14/h4-5,8H,3,6-7H2,1-2H3. The van der Waals surface area contributed by atoms with Crippen LogP contribution in [0.2, 0.25) is 0 Å². The molecule has 1 rings (SSSR count). The maximum atomic E-state index is 11.4. The number of nitro benzene ring substituents is 1. The van der Waals surface area contributed by atoms with Crippen LogP contribution < -0.4 is 4.74 Å². The van der Waals surface area contributed by atoms with E-state index in [4.69, 9.17) is 4.74 Å². The van der Waals surface area contributed by atoms with Crippen LogP contribution in [0.5, 0.6) is 5.75 Å². The fourth-order valence-corrected chi connectivity index (χ4v) is 2.08. The molecule has 0 aromatic heterocycles. The van der Waals surface area contributed by atoms with Gasteiger partial charge in [-0.05, 0) is 13.0 Å². The molecule has 0 atom stereocenters. The molecule has 0 saturated carbocycles. The van der Waals surface area contributed by atoms with Gasteiger partial charge in [0.2, 0.25) is 0 Å². The first-order valence-corrected chi connectivity index (χ1v) is 7.71. The molecule has 1 aromatic rings. The Labute approximate surface area is 116 Å². The molecule has 0 unspecified atom stereocenters. The van der Waals surface area contributed by atoms with E-state index in [-0.39, 0.29) is 40.9 Å². The lowest BCUT2D eigenvalue weighted by molar-refractivity contribution is -0.384. The summed E-state index contributed by atoms with van der Waals surface area (Å²) in [4.78, 5) is 21.5. The zero-order chi connectivity index (χ0) is 15.3. The lowest BCUT2D eigenvalue weighted by atomic mass is 10.1. The van der Waals surface area contributed by atoms with Gasteiger partial charge in [0.25, 0.3) is 5.69 Å². The minimum Gasteiger partial charge on any atom is -0.492 e. The van der Waals surface area contributed by atoms with E-state index in [2.05, 4.69) is 0 Å². The Kier molecular flexibility index (Phi) is 5.20. The molecule has 0 aliphatic rings. The van der Waals surface area contributed by atoms with Crippen LogP contribution in [-0.4, -0.2) is 37.2 Å². The predicted octanol–water partition coefficient (Wildman–Crippen LogP) is 1.61. The van der Waals surface area contributed by atoms with Gasteiger partial charge in [-0.25, -0.2) is 8.42 Å². The van der Waals surface area contributed by atoms with Gasteiger partial charge in [0.1, 0.15) is 12.4 Å². The highest BCUT2D eigenvalue weighted by Gasteiger charge is 2.16. The topological polar surface area (TPSA) is 104 Å². The number of carbonyl (C=O) groups is 1. The number of nitrogens with zero attached hydrogens (tertiary/aromatic N) is 1. The summed E-state index contributed by atoms with van der Waals surface area (Å²) in [7, 11) is -3.16. The first-order chi connectivity index (χ1) is 9.26. The summed E-state index contributed by atoms with van der Waals surface area (Å²) in [5.74, 6) is -0.398. The van der Waals surface area contributed by atoms with Crippen LogP contribution in [0.4, 0.5) is 5.69 Å². The number of Topliss-reactive ketones (excluding diaryl/α,β-unsaturated/α-hetero) is 1. The van der Waals surface area contributed by atoms with Gasteiger partial charge in [-0.1, -0.05) is 6.92 Å². The molecule has 0 fully saturated rings. The molecule has 0 N–H and O–H groups in total. The van der Waals surface area contributed by atoms with Gasteiger partial charge in [0, 0.05) is 17.9 Å². The highest BCUT2D eigenvalue weighted by atomic mass is 32.2. The van der Waals surface area contributed by atoms with Crippen LogP contribution in [0.25, 0.3) is 0 Å². The molecule has 0 radical (unpaired) electrons. The van der Waals surface area contributed by atoms with Crippen molar-refractivity contribution in [2.24, 2.45) is 0 Å². The van der Waals surface area contributed by atoms with Crippen LogP contribution in [0.1, 0.15) is 24.2 Å². The maximum absolute atomic E-state index is 11.4. The average Bonchev–Trinajstić information content (AvgIpc) is 2.38. The third kappa shape index (κ3) is 4.30. The summed E-state index contributed by atoms with van der Waals surface area (Å²) < 4.78 is 27.9. The van der Waals surface area contributed by atoms with Gasteiger partial charge >= 0.3 is 0 Å². The SMILES string of the molecule is CCS(=O)(=O)CCOc1ccc([N+](=O)[O-])cc1C(C)=O. The summed E-state index contributed by atoms with van der Waals surface area (Å²) in [6, 6.07) is 3.62.